The predicted molar refractivity (Wildman–Crippen MR) is 123 cm³/mol. The van der Waals surface area contributed by atoms with Gasteiger partial charge in [0.1, 0.15) is 16.5 Å². The third kappa shape index (κ3) is 4.01. The Morgan fingerprint density at radius 1 is 1.29 bits per heavy atom. The van der Waals surface area contributed by atoms with Crippen molar-refractivity contribution in [3.05, 3.63) is 28.2 Å². The van der Waals surface area contributed by atoms with Crippen LogP contribution < -0.4 is 21.5 Å². The van der Waals surface area contributed by atoms with Gasteiger partial charge in [-0.25, -0.2) is 4.98 Å². The Morgan fingerprint density at radius 3 is 2.74 bits per heavy atom. The summed E-state index contributed by atoms with van der Waals surface area (Å²) >= 11 is 1.38. The van der Waals surface area contributed by atoms with E-state index in [1.807, 2.05) is 13.0 Å². The Labute approximate surface area is 186 Å². The van der Waals surface area contributed by atoms with Crippen LogP contribution in [0, 0.1) is 12.3 Å². The van der Waals surface area contributed by atoms with Crippen molar-refractivity contribution < 1.29 is 4.74 Å². The van der Waals surface area contributed by atoms with Crippen LogP contribution in [0.1, 0.15) is 37.7 Å². The van der Waals surface area contributed by atoms with Gasteiger partial charge in [0.15, 0.2) is 0 Å². The lowest BCUT2D eigenvalue weighted by Crippen LogP contribution is -2.43. The summed E-state index contributed by atoms with van der Waals surface area (Å²) in [5, 5.41) is 3.45. The summed E-state index contributed by atoms with van der Waals surface area (Å²) in [6.45, 7) is 5.49. The van der Waals surface area contributed by atoms with Crippen LogP contribution in [-0.4, -0.2) is 46.9 Å². The molecule has 0 unspecified atom stereocenters. The molecule has 31 heavy (non-hydrogen) atoms. The number of hydrogen-bond acceptors (Lipinski definition) is 8. The molecule has 1 spiro atoms. The SMILES string of the molecule is Cc1c(Sc2c(N)nc(N3CCC4(CCOC4)CC3)n(C)c2=O)ccnc1NC1CC1. The van der Waals surface area contributed by atoms with Crippen LogP contribution in [-0.2, 0) is 11.8 Å². The molecule has 2 aromatic rings. The van der Waals surface area contributed by atoms with E-state index in [0.29, 0.717) is 28.1 Å². The molecule has 2 aliphatic heterocycles. The molecule has 3 aliphatic rings. The fourth-order valence-corrected chi connectivity index (χ4v) is 5.47. The molecule has 1 saturated carbocycles. The molecule has 3 fully saturated rings. The Balaban J connectivity index is 1.38. The van der Waals surface area contributed by atoms with Gasteiger partial charge in [-0.3, -0.25) is 9.36 Å². The number of nitrogen functional groups attached to an aromatic ring is 1. The first-order chi connectivity index (χ1) is 15.0. The quantitative estimate of drug-likeness (QED) is 0.729. The van der Waals surface area contributed by atoms with Gasteiger partial charge in [0.05, 0.1) is 6.61 Å². The molecule has 3 N–H and O–H groups in total. The summed E-state index contributed by atoms with van der Waals surface area (Å²) in [6, 6.07) is 2.45. The van der Waals surface area contributed by atoms with Crippen molar-refractivity contribution >= 4 is 29.3 Å². The van der Waals surface area contributed by atoms with E-state index in [9.17, 15) is 4.79 Å². The van der Waals surface area contributed by atoms with E-state index in [1.54, 1.807) is 17.8 Å². The molecule has 9 heteroatoms. The van der Waals surface area contributed by atoms with Crippen LogP contribution in [0.4, 0.5) is 17.6 Å². The zero-order chi connectivity index (χ0) is 21.6. The molecule has 4 heterocycles. The average molecular weight is 443 g/mol. The summed E-state index contributed by atoms with van der Waals surface area (Å²) in [5.41, 5.74) is 7.55. The standard InChI is InChI=1S/C22H30N6O2S/c1-14-16(5-9-24-19(14)25-15-3-4-15)31-17-18(23)26-21(27(2)20(17)29)28-10-6-22(7-11-28)8-12-30-13-22/h5,9,15H,3-4,6-8,10-13,23H2,1-2H3,(H,24,25). The van der Waals surface area contributed by atoms with Crippen molar-refractivity contribution in [1.29, 1.82) is 0 Å². The third-order valence-electron chi connectivity index (χ3n) is 6.83. The van der Waals surface area contributed by atoms with Gasteiger partial charge in [-0.1, -0.05) is 11.8 Å². The van der Waals surface area contributed by atoms with E-state index in [2.05, 4.69) is 20.2 Å². The molecule has 2 saturated heterocycles. The van der Waals surface area contributed by atoms with E-state index in [4.69, 9.17) is 10.5 Å². The van der Waals surface area contributed by atoms with Gasteiger partial charge in [0, 0.05) is 49.4 Å². The second-order valence-corrected chi connectivity index (χ2v) is 10.1. The van der Waals surface area contributed by atoms with Crippen LogP contribution in [0.2, 0.25) is 0 Å². The molecule has 0 atom stereocenters. The molecule has 0 aromatic carbocycles. The van der Waals surface area contributed by atoms with Gasteiger partial charge in [-0.05, 0) is 50.5 Å². The lowest BCUT2D eigenvalue weighted by Gasteiger charge is -2.39. The van der Waals surface area contributed by atoms with E-state index < -0.39 is 0 Å². The Bertz CT molecular complexity index is 1040. The highest BCUT2D eigenvalue weighted by atomic mass is 32.2. The van der Waals surface area contributed by atoms with Crippen molar-refractivity contribution in [2.45, 2.75) is 54.9 Å². The second kappa shape index (κ2) is 8.02. The normalized spacial score (nSPS) is 20.4. The first-order valence-electron chi connectivity index (χ1n) is 11.0. The number of nitrogens with zero attached hydrogens (tertiary/aromatic N) is 4. The van der Waals surface area contributed by atoms with Gasteiger partial charge in [0.2, 0.25) is 5.95 Å². The molecule has 8 nitrogen and oxygen atoms in total. The van der Waals surface area contributed by atoms with E-state index in [1.165, 1.54) is 24.6 Å². The van der Waals surface area contributed by atoms with Gasteiger partial charge < -0.3 is 20.7 Å². The fourth-order valence-electron chi connectivity index (χ4n) is 4.49. The molecule has 0 bridgehead atoms. The molecule has 0 radical (unpaired) electrons. The third-order valence-corrected chi connectivity index (χ3v) is 8.08. The zero-order valence-electron chi connectivity index (χ0n) is 18.2. The summed E-state index contributed by atoms with van der Waals surface area (Å²) < 4.78 is 7.28. The molecule has 2 aromatic heterocycles. The molecule has 166 valence electrons. The molecule has 5 rings (SSSR count). The number of anilines is 3. The number of aromatic nitrogens is 3. The Hall–Kier alpha value is -2.26. The second-order valence-electron chi connectivity index (χ2n) is 9.08. The van der Waals surface area contributed by atoms with Crippen LogP contribution >= 0.6 is 11.8 Å². The highest BCUT2D eigenvalue weighted by Crippen LogP contribution is 2.40. The largest absolute Gasteiger partial charge is 0.382 e. The summed E-state index contributed by atoms with van der Waals surface area (Å²) in [6.07, 6.45) is 7.40. The van der Waals surface area contributed by atoms with Gasteiger partial charge in [-0.2, -0.15) is 4.98 Å². The van der Waals surface area contributed by atoms with Crippen LogP contribution in [0.5, 0.6) is 0 Å². The van der Waals surface area contributed by atoms with E-state index in [-0.39, 0.29) is 5.56 Å². The molecule has 1 aliphatic carbocycles. The maximum atomic E-state index is 13.2. The monoisotopic (exact) mass is 442 g/mol. The fraction of sp³-hybridized carbons (Fsp3) is 0.591. The first kappa shape index (κ1) is 20.6. The number of ether oxygens (including phenoxy) is 1. The maximum absolute atomic E-state index is 13.2. The van der Waals surface area contributed by atoms with E-state index in [0.717, 1.165) is 61.8 Å². The highest BCUT2D eigenvalue weighted by molar-refractivity contribution is 7.99. The van der Waals surface area contributed by atoms with Crippen molar-refractivity contribution in [3.63, 3.8) is 0 Å². The van der Waals surface area contributed by atoms with Gasteiger partial charge >= 0.3 is 0 Å². The van der Waals surface area contributed by atoms with E-state index >= 15 is 0 Å². The van der Waals surface area contributed by atoms with Crippen LogP contribution in [0.3, 0.4) is 0 Å². The molecular formula is C22H30N6O2S. The topological polar surface area (TPSA) is 98.3 Å². The van der Waals surface area contributed by atoms with Gasteiger partial charge in [-0.15, -0.1) is 0 Å². The lowest BCUT2D eigenvalue weighted by atomic mass is 9.78. The first-order valence-corrected chi connectivity index (χ1v) is 11.9. The number of nitrogens with one attached hydrogen (secondary N) is 1. The molecule has 0 amide bonds. The number of nitrogens with two attached hydrogens (primary N) is 1. The van der Waals surface area contributed by atoms with Crippen molar-refractivity contribution in [1.82, 2.24) is 14.5 Å². The average Bonchev–Trinajstić information content (AvgIpc) is 3.48. The lowest BCUT2D eigenvalue weighted by molar-refractivity contribution is 0.133. The Kier molecular flexibility index (Phi) is 5.34. The minimum atomic E-state index is -0.107. The van der Waals surface area contributed by atoms with Crippen LogP contribution in [0.25, 0.3) is 0 Å². The predicted octanol–water partition coefficient (Wildman–Crippen LogP) is 2.80. The smallest absolute Gasteiger partial charge is 0.270 e. The van der Waals surface area contributed by atoms with Gasteiger partial charge in [0.25, 0.3) is 5.56 Å². The Morgan fingerprint density at radius 2 is 2.06 bits per heavy atom. The number of rotatable bonds is 5. The van der Waals surface area contributed by atoms with Crippen molar-refractivity contribution in [2.24, 2.45) is 12.5 Å². The minimum Gasteiger partial charge on any atom is -0.382 e. The van der Waals surface area contributed by atoms with Crippen molar-refractivity contribution in [2.75, 3.05) is 42.3 Å². The molecular weight excluding hydrogens is 412 g/mol. The van der Waals surface area contributed by atoms with Crippen LogP contribution in [0.15, 0.2) is 26.8 Å². The summed E-state index contributed by atoms with van der Waals surface area (Å²) in [7, 11) is 1.79. The zero-order valence-corrected chi connectivity index (χ0v) is 19.0. The maximum Gasteiger partial charge on any atom is 0.270 e. The van der Waals surface area contributed by atoms with Crippen molar-refractivity contribution in [3.8, 4) is 0 Å². The minimum absolute atomic E-state index is 0.107. The summed E-state index contributed by atoms with van der Waals surface area (Å²) in [5.74, 6) is 1.83. The number of pyridine rings is 1. The number of piperidine rings is 1. The number of hydrogen-bond donors (Lipinski definition) is 2. The summed E-state index contributed by atoms with van der Waals surface area (Å²) in [4.78, 5) is 26.0. The highest BCUT2D eigenvalue weighted by Gasteiger charge is 2.38.